The van der Waals surface area contributed by atoms with Gasteiger partial charge < -0.3 is 9.16 Å². The number of Topliss-reactive ketones (excluding diaryl/α,β-unsaturated/α-hetero) is 1. The number of likely N-dealkylation sites (tertiary alicyclic amines) is 1. The monoisotopic (exact) mass is 509 g/mol. The first-order chi connectivity index (χ1) is 16.8. The van der Waals surface area contributed by atoms with Gasteiger partial charge >= 0.3 is 6.09 Å². The minimum atomic E-state index is -2.73. The number of imide groups is 1. The zero-order valence-corrected chi connectivity index (χ0v) is 23.5. The minimum absolute atomic E-state index is 0.0727. The second-order valence-corrected chi connectivity index (χ2v) is 16.0. The van der Waals surface area contributed by atoms with Crippen LogP contribution in [0.2, 0.25) is 5.04 Å². The van der Waals surface area contributed by atoms with Crippen LogP contribution in [0.4, 0.5) is 4.79 Å². The Labute approximate surface area is 216 Å². The minimum Gasteiger partial charge on any atom is -0.443 e. The second-order valence-electron chi connectivity index (χ2n) is 11.7. The number of hydrogen-bond acceptors (Lipinski definition) is 5. The van der Waals surface area contributed by atoms with Gasteiger partial charge in [-0.1, -0.05) is 88.4 Å². The summed E-state index contributed by atoms with van der Waals surface area (Å²) in [6.45, 7) is 14.3. The highest BCUT2D eigenvalue weighted by molar-refractivity contribution is 6.99. The quantitative estimate of drug-likeness (QED) is 0.400. The third-order valence-corrected chi connectivity index (χ3v) is 11.5. The van der Waals surface area contributed by atoms with Crippen molar-refractivity contribution in [2.75, 3.05) is 6.61 Å². The predicted octanol–water partition coefficient (Wildman–Crippen LogP) is 4.69. The number of carbonyl (C=O) groups is 3. The van der Waals surface area contributed by atoms with Gasteiger partial charge in [0.2, 0.25) is 5.91 Å². The van der Waals surface area contributed by atoms with Gasteiger partial charge in [-0.2, -0.15) is 0 Å². The second kappa shape index (κ2) is 10.7. The van der Waals surface area contributed by atoms with E-state index < -0.39 is 32.0 Å². The summed E-state index contributed by atoms with van der Waals surface area (Å²) in [5, 5.41) is 2.19. The summed E-state index contributed by atoms with van der Waals surface area (Å²) in [4.78, 5) is 38.9. The number of hydrogen-bond donors (Lipinski definition) is 0. The van der Waals surface area contributed by atoms with Gasteiger partial charge in [-0.05, 0) is 48.5 Å². The maximum atomic E-state index is 12.7. The summed E-state index contributed by atoms with van der Waals surface area (Å²) < 4.78 is 12.4. The van der Waals surface area contributed by atoms with Gasteiger partial charge in [0, 0.05) is 6.61 Å². The van der Waals surface area contributed by atoms with Gasteiger partial charge in [-0.25, -0.2) is 9.69 Å². The number of carbonyl (C=O) groups excluding carboxylic acids is 3. The van der Waals surface area contributed by atoms with Crippen molar-refractivity contribution in [2.45, 2.75) is 78.0 Å². The van der Waals surface area contributed by atoms with Crippen LogP contribution in [0.3, 0.4) is 0 Å². The molecule has 0 radical (unpaired) electrons. The van der Waals surface area contributed by atoms with Crippen LogP contribution in [0.5, 0.6) is 0 Å². The smallest absolute Gasteiger partial charge is 0.417 e. The van der Waals surface area contributed by atoms with Crippen LogP contribution in [0.25, 0.3) is 0 Å². The molecule has 0 spiro atoms. The Kier molecular flexibility index (Phi) is 8.26. The Hall–Kier alpha value is -2.77. The van der Waals surface area contributed by atoms with Crippen molar-refractivity contribution in [1.29, 1.82) is 0 Å². The summed E-state index contributed by atoms with van der Waals surface area (Å²) in [5.41, 5.74) is -0.758. The number of amides is 2. The van der Waals surface area contributed by atoms with Crippen molar-refractivity contribution in [3.63, 3.8) is 0 Å². The molecule has 36 heavy (non-hydrogen) atoms. The maximum absolute atomic E-state index is 12.7. The third kappa shape index (κ3) is 5.95. The first kappa shape index (κ1) is 27.8. The van der Waals surface area contributed by atoms with E-state index in [9.17, 15) is 14.4 Å². The number of benzene rings is 2. The van der Waals surface area contributed by atoms with Gasteiger partial charge in [0.25, 0.3) is 8.32 Å². The van der Waals surface area contributed by atoms with Crippen molar-refractivity contribution in [1.82, 2.24) is 4.90 Å². The molecule has 6 nitrogen and oxygen atoms in total. The van der Waals surface area contributed by atoms with Crippen LogP contribution >= 0.6 is 0 Å². The molecule has 1 aliphatic rings. The number of rotatable bonds is 7. The molecule has 1 heterocycles. The molecule has 2 atom stereocenters. The van der Waals surface area contributed by atoms with E-state index in [0.717, 1.165) is 4.90 Å². The molecule has 2 aromatic carbocycles. The van der Waals surface area contributed by atoms with E-state index in [4.69, 9.17) is 9.16 Å². The first-order valence-electron chi connectivity index (χ1n) is 12.6. The summed E-state index contributed by atoms with van der Waals surface area (Å²) >= 11 is 0. The van der Waals surface area contributed by atoms with Crippen LogP contribution in [0, 0.1) is 5.92 Å². The highest BCUT2D eigenvalue weighted by Gasteiger charge is 2.51. The lowest BCUT2D eigenvalue weighted by Gasteiger charge is -2.43. The van der Waals surface area contributed by atoms with Crippen LogP contribution < -0.4 is 10.4 Å². The molecule has 1 fully saturated rings. The van der Waals surface area contributed by atoms with E-state index in [2.05, 4.69) is 45.0 Å². The van der Waals surface area contributed by atoms with E-state index in [1.807, 2.05) is 43.3 Å². The van der Waals surface area contributed by atoms with Crippen LogP contribution in [-0.2, 0) is 18.8 Å². The molecule has 0 N–H and O–H groups in total. The largest absolute Gasteiger partial charge is 0.443 e. The summed E-state index contributed by atoms with van der Waals surface area (Å²) in [5.74, 6) is -0.820. The Bertz CT molecular complexity index is 1030. The summed E-state index contributed by atoms with van der Waals surface area (Å²) in [6.07, 6.45) is -0.697. The zero-order chi connectivity index (χ0) is 26.7. The van der Waals surface area contributed by atoms with Crippen molar-refractivity contribution in [3.8, 4) is 0 Å². The molecular formula is C29H39NO5Si. The van der Waals surface area contributed by atoms with Gasteiger partial charge in [0.05, 0.1) is 6.42 Å². The lowest BCUT2D eigenvalue weighted by molar-refractivity contribution is -0.128. The van der Waals surface area contributed by atoms with E-state index >= 15 is 0 Å². The van der Waals surface area contributed by atoms with Crippen molar-refractivity contribution in [3.05, 3.63) is 60.7 Å². The highest BCUT2D eigenvalue weighted by Crippen LogP contribution is 2.37. The fourth-order valence-electron chi connectivity index (χ4n) is 4.92. The van der Waals surface area contributed by atoms with Crippen molar-refractivity contribution >= 4 is 36.5 Å². The predicted molar refractivity (Wildman–Crippen MR) is 144 cm³/mol. The molecule has 3 rings (SSSR count). The van der Waals surface area contributed by atoms with Crippen LogP contribution in [-0.4, -0.2) is 49.3 Å². The topological polar surface area (TPSA) is 72.9 Å². The van der Waals surface area contributed by atoms with Crippen molar-refractivity contribution in [2.24, 2.45) is 5.92 Å². The van der Waals surface area contributed by atoms with Crippen molar-refractivity contribution < 1.29 is 23.5 Å². The summed E-state index contributed by atoms with van der Waals surface area (Å²) in [7, 11) is -2.73. The molecule has 0 aliphatic carbocycles. The lowest BCUT2D eigenvalue weighted by Crippen LogP contribution is -2.66. The zero-order valence-electron chi connectivity index (χ0n) is 22.5. The molecule has 194 valence electrons. The number of ketones is 1. The number of nitrogens with zero attached hydrogens (tertiary/aromatic N) is 1. The fraction of sp³-hybridized carbons (Fsp3) is 0.483. The third-order valence-electron chi connectivity index (χ3n) is 6.49. The van der Waals surface area contributed by atoms with Gasteiger partial charge in [0.15, 0.2) is 5.78 Å². The van der Waals surface area contributed by atoms with Gasteiger partial charge in [-0.3, -0.25) is 9.59 Å². The molecule has 0 bridgehead atoms. The Morgan fingerprint density at radius 3 is 1.89 bits per heavy atom. The fourth-order valence-corrected chi connectivity index (χ4v) is 9.61. The lowest BCUT2D eigenvalue weighted by atomic mass is 10.0. The highest BCUT2D eigenvalue weighted by atomic mass is 28.4. The molecule has 7 heteroatoms. The molecule has 0 unspecified atom stereocenters. The molecule has 0 aromatic heterocycles. The molecular weight excluding hydrogens is 470 g/mol. The summed E-state index contributed by atoms with van der Waals surface area (Å²) in [6, 6.07) is 19.9. The van der Waals surface area contributed by atoms with E-state index in [1.54, 1.807) is 20.8 Å². The van der Waals surface area contributed by atoms with E-state index in [0.29, 0.717) is 13.0 Å². The molecule has 0 saturated carbocycles. The van der Waals surface area contributed by atoms with Gasteiger partial charge in [-0.15, -0.1) is 0 Å². The first-order valence-corrected chi connectivity index (χ1v) is 14.5. The van der Waals surface area contributed by atoms with Crippen LogP contribution in [0.1, 0.15) is 61.3 Å². The maximum Gasteiger partial charge on any atom is 0.417 e. The SMILES string of the molecule is C[C@H](CO[Si](c1ccccc1)(c1ccccc1)C(C)(C)C)C[C@H]1C(=O)CC(=O)N1C(=O)OC(C)(C)C. The average molecular weight is 510 g/mol. The Morgan fingerprint density at radius 2 is 1.44 bits per heavy atom. The Balaban J connectivity index is 1.87. The van der Waals surface area contributed by atoms with E-state index in [1.165, 1.54) is 10.4 Å². The van der Waals surface area contributed by atoms with E-state index in [-0.39, 0.29) is 23.2 Å². The standard InChI is InChI=1S/C29H39NO5Si/c1-21(18-24-25(31)19-26(32)30(24)27(33)35-28(2,3)4)20-34-36(29(5,6)7,22-14-10-8-11-15-22)23-16-12-9-13-17-23/h8-17,21,24H,18-20H2,1-7H3/t21-,24-/m0/s1. The normalized spacial score (nSPS) is 17.9. The average Bonchev–Trinajstić information content (AvgIpc) is 3.06. The molecule has 2 amide bonds. The molecule has 2 aromatic rings. The molecule has 1 saturated heterocycles. The van der Waals surface area contributed by atoms with Gasteiger partial charge in [0.1, 0.15) is 11.6 Å². The molecule has 1 aliphatic heterocycles. The van der Waals surface area contributed by atoms with Crippen LogP contribution in [0.15, 0.2) is 60.7 Å². The number of ether oxygens (including phenoxy) is 1. The Morgan fingerprint density at radius 1 is 0.944 bits per heavy atom.